The van der Waals surface area contributed by atoms with Gasteiger partial charge in [0.15, 0.2) is 0 Å². The van der Waals surface area contributed by atoms with Gasteiger partial charge in [-0.3, -0.25) is 4.79 Å². The van der Waals surface area contributed by atoms with Gasteiger partial charge in [0.2, 0.25) is 0 Å². The van der Waals surface area contributed by atoms with Crippen molar-refractivity contribution in [3.63, 3.8) is 0 Å². The van der Waals surface area contributed by atoms with Crippen LogP contribution >= 0.6 is 0 Å². The third-order valence-corrected chi connectivity index (χ3v) is 2.45. The minimum absolute atomic E-state index is 0.170. The van der Waals surface area contributed by atoms with Crippen molar-refractivity contribution in [2.75, 3.05) is 13.1 Å². The summed E-state index contributed by atoms with van der Waals surface area (Å²) in [5, 5.41) is 14.3. The molecule has 0 heterocycles. The molecule has 0 spiro atoms. The standard InChI is InChI=1S/C13H24N2O3/c1-4-5-6-7-14-13(18)15-9-11(12(16)17)8-10(2)3/h4-5,10-11H,6-9H2,1-3H3,(H,16,17)(H2,14,15,18)/b5-4+. The van der Waals surface area contributed by atoms with E-state index in [0.29, 0.717) is 18.9 Å². The fourth-order valence-corrected chi connectivity index (χ4v) is 1.55. The largest absolute Gasteiger partial charge is 0.481 e. The topological polar surface area (TPSA) is 78.4 Å². The predicted molar refractivity (Wildman–Crippen MR) is 71.4 cm³/mol. The van der Waals surface area contributed by atoms with Crippen LogP contribution in [0.15, 0.2) is 12.2 Å². The third-order valence-electron chi connectivity index (χ3n) is 2.45. The molecule has 0 aromatic rings. The number of amides is 2. The summed E-state index contributed by atoms with van der Waals surface area (Å²) in [7, 11) is 0. The number of hydrogen-bond donors (Lipinski definition) is 3. The molecule has 1 atom stereocenters. The molecule has 0 aliphatic heterocycles. The van der Waals surface area contributed by atoms with Gasteiger partial charge in [-0.25, -0.2) is 4.79 Å². The molecule has 1 unspecified atom stereocenters. The van der Waals surface area contributed by atoms with E-state index in [1.807, 2.05) is 32.9 Å². The first-order valence-corrected chi connectivity index (χ1v) is 6.33. The average molecular weight is 256 g/mol. The van der Waals surface area contributed by atoms with Crippen molar-refractivity contribution in [2.45, 2.75) is 33.6 Å². The molecule has 0 rings (SSSR count). The monoisotopic (exact) mass is 256 g/mol. The summed E-state index contributed by atoms with van der Waals surface area (Å²) in [6.45, 7) is 6.57. The highest BCUT2D eigenvalue weighted by molar-refractivity contribution is 5.75. The highest BCUT2D eigenvalue weighted by atomic mass is 16.4. The number of carboxylic acids is 1. The highest BCUT2D eigenvalue weighted by Gasteiger charge is 2.19. The van der Waals surface area contributed by atoms with Crippen LogP contribution in [0.5, 0.6) is 0 Å². The van der Waals surface area contributed by atoms with E-state index in [9.17, 15) is 9.59 Å². The molecule has 0 aromatic carbocycles. The molecule has 18 heavy (non-hydrogen) atoms. The van der Waals surface area contributed by atoms with E-state index < -0.39 is 11.9 Å². The maximum atomic E-state index is 11.4. The molecule has 2 amide bonds. The van der Waals surface area contributed by atoms with Gasteiger partial charge in [0.25, 0.3) is 0 Å². The van der Waals surface area contributed by atoms with E-state index in [2.05, 4.69) is 10.6 Å². The fourth-order valence-electron chi connectivity index (χ4n) is 1.55. The van der Waals surface area contributed by atoms with Gasteiger partial charge in [-0.2, -0.15) is 0 Å². The average Bonchev–Trinajstić information content (AvgIpc) is 2.29. The molecule has 0 saturated carbocycles. The molecule has 104 valence electrons. The summed E-state index contributed by atoms with van der Waals surface area (Å²) in [6.07, 6.45) is 5.22. The second-order valence-electron chi connectivity index (χ2n) is 4.66. The number of rotatable bonds is 8. The minimum atomic E-state index is -0.863. The molecule has 0 aliphatic rings. The summed E-state index contributed by atoms with van der Waals surface area (Å²) in [5.41, 5.74) is 0. The Morgan fingerprint density at radius 1 is 1.28 bits per heavy atom. The van der Waals surface area contributed by atoms with E-state index >= 15 is 0 Å². The Kier molecular flexibility index (Phi) is 8.70. The molecule has 0 fully saturated rings. The van der Waals surface area contributed by atoms with Crippen LogP contribution in [-0.2, 0) is 4.79 Å². The van der Waals surface area contributed by atoms with Gasteiger partial charge in [0.05, 0.1) is 5.92 Å². The number of carbonyl (C=O) groups is 2. The molecular weight excluding hydrogens is 232 g/mol. The van der Waals surface area contributed by atoms with E-state index in [1.165, 1.54) is 0 Å². The molecule has 5 heteroatoms. The quantitative estimate of drug-likeness (QED) is 0.459. The molecule has 3 N–H and O–H groups in total. The Hall–Kier alpha value is -1.52. The lowest BCUT2D eigenvalue weighted by atomic mass is 9.97. The SMILES string of the molecule is C/C=C/CCNC(=O)NCC(CC(C)C)C(=O)O. The van der Waals surface area contributed by atoms with Gasteiger partial charge >= 0.3 is 12.0 Å². The lowest BCUT2D eigenvalue weighted by Crippen LogP contribution is -2.40. The molecule has 0 aromatic heterocycles. The van der Waals surface area contributed by atoms with E-state index in [4.69, 9.17) is 5.11 Å². The minimum Gasteiger partial charge on any atom is -0.481 e. The van der Waals surface area contributed by atoms with Gasteiger partial charge in [-0.1, -0.05) is 26.0 Å². The van der Waals surface area contributed by atoms with Gasteiger partial charge < -0.3 is 15.7 Å². The zero-order chi connectivity index (χ0) is 14.0. The van der Waals surface area contributed by atoms with Crippen LogP contribution in [0, 0.1) is 11.8 Å². The van der Waals surface area contributed by atoms with Crippen LogP contribution in [0.4, 0.5) is 4.79 Å². The number of allylic oxidation sites excluding steroid dienone is 1. The second kappa shape index (κ2) is 9.50. The first-order chi connectivity index (χ1) is 8.47. The van der Waals surface area contributed by atoms with Crippen LogP contribution < -0.4 is 10.6 Å². The van der Waals surface area contributed by atoms with Crippen molar-refractivity contribution in [1.29, 1.82) is 0 Å². The summed E-state index contributed by atoms with van der Waals surface area (Å²) >= 11 is 0. The Morgan fingerprint density at radius 3 is 2.44 bits per heavy atom. The van der Waals surface area contributed by atoms with Gasteiger partial charge in [0.1, 0.15) is 0 Å². The first kappa shape index (κ1) is 16.5. The Balaban J connectivity index is 3.89. The number of hydrogen-bond acceptors (Lipinski definition) is 2. The Labute approximate surface area is 109 Å². The number of aliphatic carboxylic acids is 1. The lowest BCUT2D eigenvalue weighted by Gasteiger charge is -2.15. The van der Waals surface area contributed by atoms with Crippen LogP contribution in [-0.4, -0.2) is 30.2 Å². The second-order valence-corrected chi connectivity index (χ2v) is 4.66. The van der Waals surface area contributed by atoms with Crippen molar-refractivity contribution in [3.8, 4) is 0 Å². The first-order valence-electron chi connectivity index (χ1n) is 6.33. The van der Waals surface area contributed by atoms with E-state index in [1.54, 1.807) is 0 Å². The number of carboxylic acid groups (broad SMARTS) is 1. The van der Waals surface area contributed by atoms with Crippen molar-refractivity contribution < 1.29 is 14.7 Å². The smallest absolute Gasteiger partial charge is 0.314 e. The maximum absolute atomic E-state index is 11.4. The molecule has 0 aliphatic carbocycles. The van der Waals surface area contributed by atoms with Crippen molar-refractivity contribution in [2.24, 2.45) is 11.8 Å². The van der Waals surface area contributed by atoms with Crippen molar-refractivity contribution >= 4 is 12.0 Å². The van der Waals surface area contributed by atoms with Gasteiger partial charge in [0, 0.05) is 13.1 Å². The Morgan fingerprint density at radius 2 is 1.94 bits per heavy atom. The van der Waals surface area contributed by atoms with Gasteiger partial charge in [-0.15, -0.1) is 0 Å². The normalized spacial score (nSPS) is 12.7. The van der Waals surface area contributed by atoms with Crippen LogP contribution in [0.1, 0.15) is 33.6 Å². The molecular formula is C13H24N2O3. The van der Waals surface area contributed by atoms with Crippen LogP contribution in [0.2, 0.25) is 0 Å². The van der Waals surface area contributed by atoms with E-state index in [-0.39, 0.29) is 12.6 Å². The zero-order valence-electron chi connectivity index (χ0n) is 11.4. The highest BCUT2D eigenvalue weighted by Crippen LogP contribution is 2.10. The lowest BCUT2D eigenvalue weighted by molar-refractivity contribution is -0.142. The van der Waals surface area contributed by atoms with Crippen molar-refractivity contribution in [3.05, 3.63) is 12.2 Å². The zero-order valence-corrected chi connectivity index (χ0v) is 11.4. The number of carbonyl (C=O) groups excluding carboxylic acids is 1. The van der Waals surface area contributed by atoms with Crippen molar-refractivity contribution in [1.82, 2.24) is 10.6 Å². The predicted octanol–water partition coefficient (Wildman–Crippen LogP) is 2.00. The maximum Gasteiger partial charge on any atom is 0.314 e. The molecule has 0 radical (unpaired) electrons. The number of urea groups is 1. The summed E-state index contributed by atoms with van der Waals surface area (Å²) in [4.78, 5) is 22.3. The molecule has 0 saturated heterocycles. The van der Waals surface area contributed by atoms with E-state index in [0.717, 1.165) is 6.42 Å². The summed E-state index contributed by atoms with van der Waals surface area (Å²) in [6, 6.07) is -0.311. The molecule has 0 bridgehead atoms. The van der Waals surface area contributed by atoms with Gasteiger partial charge in [-0.05, 0) is 25.7 Å². The fraction of sp³-hybridized carbons (Fsp3) is 0.692. The van der Waals surface area contributed by atoms with Crippen LogP contribution in [0.3, 0.4) is 0 Å². The third kappa shape index (κ3) is 8.61. The summed E-state index contributed by atoms with van der Waals surface area (Å²) in [5.74, 6) is -1.09. The molecule has 5 nitrogen and oxygen atoms in total. The summed E-state index contributed by atoms with van der Waals surface area (Å²) < 4.78 is 0. The number of nitrogens with one attached hydrogen (secondary N) is 2. The Bertz CT molecular complexity index is 288. The van der Waals surface area contributed by atoms with Crippen LogP contribution in [0.25, 0.3) is 0 Å².